The maximum Gasteiger partial charge on any atom is 0.586 e. The van der Waals surface area contributed by atoms with Gasteiger partial charge in [0.15, 0.2) is 17.2 Å². The first-order chi connectivity index (χ1) is 15.2. The maximum absolute atomic E-state index is 13.5. The number of carbonyl (C=O) groups excluding carboxylic acids is 1. The van der Waals surface area contributed by atoms with Gasteiger partial charge in [0.1, 0.15) is 0 Å². The van der Waals surface area contributed by atoms with E-state index < -0.39 is 23.4 Å². The summed E-state index contributed by atoms with van der Waals surface area (Å²) in [5.74, 6) is -1.55. The van der Waals surface area contributed by atoms with Gasteiger partial charge in [-0.1, -0.05) is 18.2 Å². The number of benzene rings is 2. The minimum atomic E-state index is -3.73. The van der Waals surface area contributed by atoms with E-state index in [2.05, 4.69) is 14.8 Å². The molecule has 5 rings (SSSR count). The predicted octanol–water partition coefficient (Wildman–Crippen LogP) is 3.91. The molecule has 32 heavy (non-hydrogen) atoms. The zero-order chi connectivity index (χ0) is 22.6. The van der Waals surface area contributed by atoms with Crippen LogP contribution in [0.15, 0.2) is 42.5 Å². The highest BCUT2D eigenvalue weighted by Crippen LogP contribution is 2.52. The molecular weight excluding hydrogens is 424 g/mol. The van der Waals surface area contributed by atoms with Crippen molar-refractivity contribution in [3.63, 3.8) is 0 Å². The van der Waals surface area contributed by atoms with Gasteiger partial charge >= 0.3 is 12.3 Å². The fraction of sp³-hybridized carbons (Fsp3) is 0.391. The fourth-order valence-electron chi connectivity index (χ4n) is 4.42. The predicted molar refractivity (Wildman–Crippen MR) is 107 cm³/mol. The number of hydrogen-bond acceptors (Lipinski definition) is 5. The van der Waals surface area contributed by atoms with Gasteiger partial charge in [0, 0.05) is 12.2 Å². The van der Waals surface area contributed by atoms with Crippen LogP contribution in [0.4, 0.5) is 8.78 Å². The van der Waals surface area contributed by atoms with Crippen molar-refractivity contribution in [1.29, 1.82) is 0 Å². The Morgan fingerprint density at radius 3 is 2.41 bits per heavy atom. The number of aromatic carboxylic acids is 1. The Morgan fingerprint density at radius 1 is 0.938 bits per heavy atom. The zero-order valence-corrected chi connectivity index (χ0v) is 17.0. The van der Waals surface area contributed by atoms with Gasteiger partial charge in [-0.3, -0.25) is 4.79 Å². The number of nitrogens with one attached hydrogen (secondary N) is 1. The van der Waals surface area contributed by atoms with E-state index in [0.29, 0.717) is 37.0 Å². The Balaban J connectivity index is 1.45. The molecule has 2 aromatic carbocycles. The van der Waals surface area contributed by atoms with E-state index in [-0.39, 0.29) is 23.0 Å². The number of amides is 1. The number of alkyl halides is 2. The number of halogens is 2. The summed E-state index contributed by atoms with van der Waals surface area (Å²) in [6.45, 7) is 0.420. The lowest BCUT2D eigenvalue weighted by Crippen LogP contribution is -2.53. The Morgan fingerprint density at radius 2 is 1.72 bits per heavy atom. The highest BCUT2D eigenvalue weighted by atomic mass is 19.3. The highest BCUT2D eigenvalue weighted by Gasteiger charge is 2.55. The molecule has 9 heteroatoms. The molecule has 2 aliphatic heterocycles. The van der Waals surface area contributed by atoms with Crippen LogP contribution in [0.5, 0.6) is 11.5 Å². The van der Waals surface area contributed by atoms with Crippen molar-refractivity contribution >= 4 is 11.9 Å². The number of carboxylic acid groups (broad SMARTS) is 1. The third kappa shape index (κ3) is 3.46. The monoisotopic (exact) mass is 445 g/mol. The molecule has 1 atom stereocenters. The number of hydrogen-bond donors (Lipinski definition) is 2. The quantitative estimate of drug-likeness (QED) is 0.725. The van der Waals surface area contributed by atoms with Gasteiger partial charge in [0.05, 0.1) is 11.0 Å². The van der Waals surface area contributed by atoms with Crippen molar-refractivity contribution in [1.82, 2.24) is 5.32 Å². The molecule has 0 radical (unpaired) electrons. The smallest absolute Gasteiger partial charge is 0.478 e. The van der Waals surface area contributed by atoms with E-state index >= 15 is 0 Å². The molecule has 2 N–H and O–H groups in total. The van der Waals surface area contributed by atoms with Crippen LogP contribution in [0.3, 0.4) is 0 Å². The number of fused-ring (bicyclic) bond motifs is 1. The lowest BCUT2D eigenvalue weighted by Gasteiger charge is -2.39. The van der Waals surface area contributed by atoms with E-state index in [1.807, 2.05) is 0 Å². The topological polar surface area (TPSA) is 94.1 Å². The Kier molecular flexibility index (Phi) is 4.63. The summed E-state index contributed by atoms with van der Waals surface area (Å²) in [6, 6.07) is 10.7. The molecule has 168 valence electrons. The Bertz CT molecular complexity index is 1090. The van der Waals surface area contributed by atoms with Crippen molar-refractivity contribution in [2.75, 3.05) is 6.61 Å². The SMILES string of the molecule is O=C(O)c1cccc([C@]2(NC(=O)C3(c4ccc5c(c4)OC(F)(F)O5)CC3)CCCCO2)c1. The standard InChI is InChI=1S/C23H21F2NO6/c24-23(25)31-17-7-6-15(13-18(17)32-23)21(9-10-21)20(29)26-22(8-1-2-11-30-22)16-5-3-4-14(12-16)19(27)28/h3-7,12-13H,1-2,8-11H2,(H,26,29)(H,27,28)/t22-/m0/s1. The van der Waals surface area contributed by atoms with Crippen LogP contribution < -0.4 is 14.8 Å². The van der Waals surface area contributed by atoms with E-state index in [9.17, 15) is 23.5 Å². The minimum Gasteiger partial charge on any atom is -0.478 e. The lowest BCUT2D eigenvalue weighted by molar-refractivity contribution is -0.286. The molecule has 0 bridgehead atoms. The molecule has 0 unspecified atom stereocenters. The van der Waals surface area contributed by atoms with E-state index in [0.717, 1.165) is 12.8 Å². The summed E-state index contributed by atoms with van der Waals surface area (Å²) in [6.07, 6.45) is -0.526. The molecule has 7 nitrogen and oxygen atoms in total. The second kappa shape index (κ2) is 7.16. The summed E-state index contributed by atoms with van der Waals surface area (Å²) in [7, 11) is 0. The second-order valence-electron chi connectivity index (χ2n) is 8.38. The average Bonchev–Trinajstić information content (AvgIpc) is 3.51. The van der Waals surface area contributed by atoms with Gasteiger partial charge in [-0.15, -0.1) is 8.78 Å². The molecule has 0 aromatic heterocycles. The zero-order valence-electron chi connectivity index (χ0n) is 17.0. The van der Waals surface area contributed by atoms with Crippen molar-refractivity contribution in [2.45, 2.75) is 49.5 Å². The van der Waals surface area contributed by atoms with Gasteiger partial charge in [0.25, 0.3) is 0 Å². The van der Waals surface area contributed by atoms with E-state index in [1.54, 1.807) is 18.2 Å². The Hall–Kier alpha value is -3.20. The van der Waals surface area contributed by atoms with Gasteiger partial charge in [0.2, 0.25) is 5.91 Å². The highest BCUT2D eigenvalue weighted by molar-refractivity contribution is 5.92. The summed E-state index contributed by atoms with van der Waals surface area (Å²) in [4.78, 5) is 24.9. The summed E-state index contributed by atoms with van der Waals surface area (Å²) >= 11 is 0. The minimum absolute atomic E-state index is 0.0764. The summed E-state index contributed by atoms with van der Waals surface area (Å²) in [5.41, 5.74) is -0.830. The van der Waals surface area contributed by atoms with Crippen LogP contribution in [-0.2, 0) is 20.7 Å². The lowest BCUT2D eigenvalue weighted by atomic mass is 9.89. The first kappa shape index (κ1) is 20.7. The Labute approximate surface area is 182 Å². The van der Waals surface area contributed by atoms with Crippen LogP contribution in [-0.4, -0.2) is 29.9 Å². The molecule has 2 heterocycles. The van der Waals surface area contributed by atoms with Gasteiger partial charge in [-0.25, -0.2) is 4.79 Å². The largest absolute Gasteiger partial charge is 0.586 e. The molecule has 2 aromatic rings. The first-order valence-corrected chi connectivity index (χ1v) is 10.4. The molecule has 0 spiro atoms. The van der Waals surface area contributed by atoms with Crippen LogP contribution >= 0.6 is 0 Å². The van der Waals surface area contributed by atoms with Crippen LogP contribution in [0.1, 0.15) is 53.6 Å². The number of ether oxygens (including phenoxy) is 3. The molecular formula is C23H21F2NO6. The molecule has 1 saturated carbocycles. The molecule has 3 aliphatic rings. The van der Waals surface area contributed by atoms with Gasteiger partial charge in [-0.2, -0.15) is 0 Å². The second-order valence-corrected chi connectivity index (χ2v) is 8.38. The first-order valence-electron chi connectivity index (χ1n) is 10.4. The van der Waals surface area contributed by atoms with Gasteiger partial charge in [-0.05, 0) is 61.9 Å². The molecule has 2 fully saturated rings. The third-order valence-corrected chi connectivity index (χ3v) is 6.30. The van der Waals surface area contributed by atoms with Crippen LogP contribution in [0, 0.1) is 0 Å². The normalized spacial score (nSPS) is 24.6. The summed E-state index contributed by atoms with van der Waals surface area (Å²) < 4.78 is 41.8. The van der Waals surface area contributed by atoms with Crippen molar-refractivity contribution < 1.29 is 37.7 Å². The molecule has 1 aliphatic carbocycles. The fourth-order valence-corrected chi connectivity index (χ4v) is 4.42. The third-order valence-electron chi connectivity index (χ3n) is 6.30. The van der Waals surface area contributed by atoms with E-state index in [1.165, 1.54) is 24.3 Å². The van der Waals surface area contributed by atoms with Gasteiger partial charge < -0.3 is 24.6 Å². The van der Waals surface area contributed by atoms with Crippen LogP contribution in [0.25, 0.3) is 0 Å². The van der Waals surface area contributed by atoms with Crippen molar-refractivity contribution in [3.8, 4) is 11.5 Å². The van der Waals surface area contributed by atoms with Crippen molar-refractivity contribution in [3.05, 3.63) is 59.2 Å². The molecule has 1 saturated heterocycles. The number of carboxylic acids is 1. The molecule has 1 amide bonds. The average molecular weight is 445 g/mol. The number of rotatable bonds is 5. The van der Waals surface area contributed by atoms with Crippen molar-refractivity contribution in [2.24, 2.45) is 0 Å². The maximum atomic E-state index is 13.5. The van der Waals surface area contributed by atoms with Crippen LogP contribution in [0.2, 0.25) is 0 Å². The summed E-state index contributed by atoms with van der Waals surface area (Å²) in [5, 5.41) is 12.4. The number of carbonyl (C=O) groups is 2. The van der Waals surface area contributed by atoms with E-state index in [4.69, 9.17) is 4.74 Å².